The Hall–Kier alpha value is -0.800. The lowest BCUT2D eigenvalue weighted by molar-refractivity contribution is 0.176. The largest absolute Gasteiger partial charge is 0.468 e. The number of rotatable bonds is 3. The molecule has 0 bridgehead atoms. The fraction of sp³-hybridized carbons (Fsp3) is 0.636. The smallest absolute Gasteiger partial charge is 0.117 e. The summed E-state index contributed by atoms with van der Waals surface area (Å²) in [5.41, 5.74) is 0. The number of likely N-dealkylation sites (tertiary alicyclic amines) is 1. The van der Waals surface area contributed by atoms with Gasteiger partial charge in [0, 0.05) is 12.6 Å². The number of furan rings is 1. The van der Waals surface area contributed by atoms with E-state index < -0.39 is 0 Å². The Morgan fingerprint density at radius 3 is 3.29 bits per heavy atom. The molecule has 0 aliphatic carbocycles. The molecule has 78 valence electrons. The highest BCUT2D eigenvalue weighted by Gasteiger charge is 2.18. The van der Waals surface area contributed by atoms with Crippen molar-refractivity contribution in [2.75, 3.05) is 20.1 Å². The van der Waals surface area contributed by atoms with E-state index in [1.165, 1.54) is 19.4 Å². The molecule has 1 aliphatic rings. The molecule has 3 nitrogen and oxygen atoms in total. The van der Waals surface area contributed by atoms with E-state index in [2.05, 4.69) is 10.2 Å². The van der Waals surface area contributed by atoms with Gasteiger partial charge in [-0.3, -0.25) is 4.90 Å². The molecular weight excluding hydrogens is 176 g/mol. The van der Waals surface area contributed by atoms with Gasteiger partial charge in [0.15, 0.2) is 0 Å². The SMILES string of the molecule is CNC1CCCN(Cc2ccco2)C1. The molecule has 0 amide bonds. The van der Waals surface area contributed by atoms with Crippen molar-refractivity contribution < 1.29 is 4.42 Å². The molecule has 1 saturated heterocycles. The molecule has 1 fully saturated rings. The van der Waals surface area contributed by atoms with E-state index in [4.69, 9.17) is 4.42 Å². The molecule has 1 atom stereocenters. The molecule has 1 unspecified atom stereocenters. The third-order valence-electron chi connectivity index (χ3n) is 2.87. The predicted molar refractivity (Wildman–Crippen MR) is 56.1 cm³/mol. The van der Waals surface area contributed by atoms with Gasteiger partial charge in [-0.2, -0.15) is 0 Å². The fourth-order valence-electron chi connectivity index (χ4n) is 2.06. The molecule has 14 heavy (non-hydrogen) atoms. The lowest BCUT2D eigenvalue weighted by Gasteiger charge is -2.31. The zero-order valence-corrected chi connectivity index (χ0v) is 8.70. The van der Waals surface area contributed by atoms with Gasteiger partial charge in [-0.25, -0.2) is 0 Å². The Balaban J connectivity index is 1.86. The topological polar surface area (TPSA) is 28.4 Å². The van der Waals surface area contributed by atoms with Crippen LogP contribution in [0.3, 0.4) is 0 Å². The van der Waals surface area contributed by atoms with Crippen molar-refractivity contribution in [3.05, 3.63) is 24.2 Å². The zero-order chi connectivity index (χ0) is 9.80. The van der Waals surface area contributed by atoms with Gasteiger partial charge in [0.2, 0.25) is 0 Å². The second kappa shape index (κ2) is 4.62. The summed E-state index contributed by atoms with van der Waals surface area (Å²) in [6, 6.07) is 4.65. The summed E-state index contributed by atoms with van der Waals surface area (Å²) >= 11 is 0. The van der Waals surface area contributed by atoms with Gasteiger partial charge >= 0.3 is 0 Å². The first-order valence-corrected chi connectivity index (χ1v) is 5.30. The van der Waals surface area contributed by atoms with Gasteiger partial charge in [0.1, 0.15) is 5.76 Å². The van der Waals surface area contributed by atoms with E-state index in [9.17, 15) is 0 Å². The maximum atomic E-state index is 5.34. The van der Waals surface area contributed by atoms with Crippen LogP contribution in [0.2, 0.25) is 0 Å². The van der Waals surface area contributed by atoms with Crippen molar-refractivity contribution in [1.82, 2.24) is 10.2 Å². The van der Waals surface area contributed by atoms with Gasteiger partial charge in [-0.15, -0.1) is 0 Å². The summed E-state index contributed by atoms with van der Waals surface area (Å²) in [5.74, 6) is 1.07. The molecule has 1 N–H and O–H groups in total. The van der Waals surface area contributed by atoms with Crippen molar-refractivity contribution in [1.29, 1.82) is 0 Å². The van der Waals surface area contributed by atoms with Gasteiger partial charge in [-0.05, 0) is 38.6 Å². The van der Waals surface area contributed by atoms with Crippen LogP contribution in [0.5, 0.6) is 0 Å². The summed E-state index contributed by atoms with van der Waals surface area (Å²) in [5, 5.41) is 3.34. The molecule has 1 aliphatic heterocycles. The Morgan fingerprint density at radius 2 is 2.57 bits per heavy atom. The van der Waals surface area contributed by atoms with Gasteiger partial charge in [-0.1, -0.05) is 0 Å². The van der Waals surface area contributed by atoms with Gasteiger partial charge in [0.05, 0.1) is 12.8 Å². The van der Waals surface area contributed by atoms with Crippen LogP contribution < -0.4 is 5.32 Å². The van der Waals surface area contributed by atoms with Crippen LogP contribution in [0.1, 0.15) is 18.6 Å². The zero-order valence-electron chi connectivity index (χ0n) is 8.70. The summed E-state index contributed by atoms with van der Waals surface area (Å²) in [6.45, 7) is 3.28. The minimum Gasteiger partial charge on any atom is -0.468 e. The van der Waals surface area contributed by atoms with Gasteiger partial charge < -0.3 is 9.73 Å². The lowest BCUT2D eigenvalue weighted by Crippen LogP contribution is -2.43. The number of hydrogen-bond donors (Lipinski definition) is 1. The first kappa shape index (κ1) is 9.74. The molecule has 0 spiro atoms. The Labute approximate surface area is 85.1 Å². The summed E-state index contributed by atoms with van der Waals surface area (Å²) in [7, 11) is 2.04. The molecule has 3 heteroatoms. The molecular formula is C11H18N2O. The molecule has 1 aromatic heterocycles. The maximum absolute atomic E-state index is 5.34. The minimum atomic E-state index is 0.652. The normalized spacial score (nSPS) is 23.9. The first-order valence-electron chi connectivity index (χ1n) is 5.30. The second-order valence-corrected chi connectivity index (χ2v) is 3.94. The van der Waals surface area contributed by atoms with Crippen LogP contribution in [0, 0.1) is 0 Å². The summed E-state index contributed by atoms with van der Waals surface area (Å²) in [4.78, 5) is 2.45. The Bertz CT molecular complexity index is 258. The monoisotopic (exact) mass is 194 g/mol. The quantitative estimate of drug-likeness (QED) is 0.789. The highest BCUT2D eigenvalue weighted by Crippen LogP contribution is 2.13. The molecule has 2 heterocycles. The van der Waals surface area contributed by atoms with E-state index in [1.807, 2.05) is 19.2 Å². The predicted octanol–water partition coefficient (Wildman–Crippen LogP) is 1.46. The molecule has 1 aromatic rings. The average molecular weight is 194 g/mol. The fourth-order valence-corrected chi connectivity index (χ4v) is 2.06. The highest BCUT2D eigenvalue weighted by molar-refractivity contribution is 4.98. The number of likely N-dealkylation sites (N-methyl/N-ethyl adjacent to an activating group) is 1. The van der Waals surface area contributed by atoms with Crippen molar-refractivity contribution in [2.24, 2.45) is 0 Å². The molecule has 2 rings (SSSR count). The average Bonchev–Trinajstić information content (AvgIpc) is 2.71. The van der Waals surface area contributed by atoms with E-state index in [0.717, 1.165) is 18.8 Å². The van der Waals surface area contributed by atoms with E-state index in [0.29, 0.717) is 6.04 Å². The number of hydrogen-bond acceptors (Lipinski definition) is 3. The third kappa shape index (κ3) is 2.36. The lowest BCUT2D eigenvalue weighted by atomic mass is 10.1. The van der Waals surface area contributed by atoms with Crippen molar-refractivity contribution >= 4 is 0 Å². The summed E-state index contributed by atoms with van der Waals surface area (Å²) < 4.78 is 5.34. The molecule has 0 aromatic carbocycles. The van der Waals surface area contributed by atoms with Crippen LogP contribution in [0.25, 0.3) is 0 Å². The molecule has 0 saturated carbocycles. The van der Waals surface area contributed by atoms with E-state index in [-0.39, 0.29) is 0 Å². The van der Waals surface area contributed by atoms with Crippen molar-refractivity contribution in [3.8, 4) is 0 Å². The summed E-state index contributed by atoms with van der Waals surface area (Å²) in [6.07, 6.45) is 4.33. The Kier molecular flexibility index (Phi) is 3.22. The highest BCUT2D eigenvalue weighted by atomic mass is 16.3. The van der Waals surface area contributed by atoms with Crippen LogP contribution >= 0.6 is 0 Å². The maximum Gasteiger partial charge on any atom is 0.117 e. The first-order chi connectivity index (χ1) is 6.88. The van der Waals surface area contributed by atoms with Crippen molar-refractivity contribution in [3.63, 3.8) is 0 Å². The van der Waals surface area contributed by atoms with Crippen LogP contribution in [0.15, 0.2) is 22.8 Å². The minimum absolute atomic E-state index is 0.652. The molecule has 0 radical (unpaired) electrons. The Morgan fingerprint density at radius 1 is 1.64 bits per heavy atom. The number of nitrogens with zero attached hydrogens (tertiary/aromatic N) is 1. The standard InChI is InChI=1S/C11H18N2O/c1-12-10-4-2-6-13(8-10)9-11-5-3-7-14-11/h3,5,7,10,12H,2,4,6,8-9H2,1H3. The number of nitrogens with one attached hydrogen (secondary N) is 1. The van der Waals surface area contributed by atoms with Crippen LogP contribution in [0.4, 0.5) is 0 Å². The van der Waals surface area contributed by atoms with E-state index in [1.54, 1.807) is 6.26 Å². The van der Waals surface area contributed by atoms with Gasteiger partial charge in [0.25, 0.3) is 0 Å². The third-order valence-corrected chi connectivity index (χ3v) is 2.87. The van der Waals surface area contributed by atoms with Crippen LogP contribution in [-0.2, 0) is 6.54 Å². The van der Waals surface area contributed by atoms with Crippen LogP contribution in [-0.4, -0.2) is 31.1 Å². The van der Waals surface area contributed by atoms with Crippen molar-refractivity contribution in [2.45, 2.75) is 25.4 Å². The van der Waals surface area contributed by atoms with E-state index >= 15 is 0 Å². The number of piperidine rings is 1. The second-order valence-electron chi connectivity index (χ2n) is 3.94.